The molecule has 0 aliphatic heterocycles. The molecule has 0 nitrogen and oxygen atoms in total. The summed E-state index contributed by atoms with van der Waals surface area (Å²) in [5, 5.41) is 0. The molecule has 0 aromatic rings. The zero-order chi connectivity index (χ0) is 94.7. The van der Waals surface area contributed by atoms with Crippen molar-refractivity contribution in [3.63, 3.8) is 0 Å². The lowest BCUT2D eigenvalue weighted by molar-refractivity contribution is -0.0642. The maximum absolute atomic E-state index is 1.64. The van der Waals surface area contributed by atoms with Crippen LogP contribution in [0.3, 0.4) is 0 Å². The number of hydrogen-bond acceptors (Lipinski definition) is 0. The molecule has 5 spiro atoms. The van der Waals surface area contributed by atoms with Crippen LogP contribution < -0.4 is 0 Å². The molecule has 0 heteroatoms. The molecule has 38 aliphatic rings. The van der Waals surface area contributed by atoms with Gasteiger partial charge in [0.15, 0.2) is 0 Å². The molecule has 142 heavy (non-hydrogen) atoms. The van der Waals surface area contributed by atoms with E-state index in [0.29, 0.717) is 0 Å². The van der Waals surface area contributed by atoms with E-state index in [4.69, 9.17) is 0 Å². The first-order chi connectivity index (χ1) is 70.1. The van der Waals surface area contributed by atoms with Gasteiger partial charge in [-0.05, 0) is 574 Å². The minimum absolute atomic E-state index is 0.858. The monoisotopic (exact) mass is 1940 g/mol. The third-order valence-corrected chi connectivity index (χ3v) is 56.5. The Labute approximate surface area is 882 Å². The molecule has 16 bridgehead atoms. The molecule has 0 heterocycles. The Bertz CT molecular complexity index is 3480. The summed E-state index contributed by atoms with van der Waals surface area (Å²) in [4.78, 5) is 0. The fourth-order valence-electron chi connectivity index (χ4n) is 48.3. The smallest absolute Gasteiger partial charge is 0.0294 e. The van der Waals surface area contributed by atoms with Crippen LogP contribution in [0.4, 0.5) is 0 Å². The van der Waals surface area contributed by atoms with Gasteiger partial charge in [-0.15, -0.1) is 0 Å². The number of rotatable bonds is 0. The van der Waals surface area contributed by atoms with E-state index >= 15 is 0 Å². The minimum atomic E-state index is 0.858. The summed E-state index contributed by atoms with van der Waals surface area (Å²) >= 11 is 0. The van der Waals surface area contributed by atoms with Crippen LogP contribution in [0.25, 0.3) is 0 Å². The lowest BCUT2D eigenvalue weighted by Crippen LogP contribution is -2.48. The average Bonchev–Trinajstić information content (AvgIpc) is 1.58. The second-order valence-electron chi connectivity index (χ2n) is 63.6. The Kier molecular flexibility index (Phi) is 35.3. The van der Waals surface area contributed by atoms with E-state index in [0.717, 1.165) is 50.7 Å². The van der Waals surface area contributed by atoms with Gasteiger partial charge in [0.1, 0.15) is 0 Å². The van der Waals surface area contributed by atoms with Gasteiger partial charge >= 0.3 is 0 Å². The van der Waals surface area contributed by atoms with Crippen LogP contribution in [0.5, 0.6) is 0 Å². The fourth-order valence-corrected chi connectivity index (χ4v) is 48.3. The summed E-state index contributed by atoms with van der Waals surface area (Å²) in [5.41, 5.74) is 4.47. The van der Waals surface area contributed by atoms with Gasteiger partial charge in [0, 0.05) is 0 Å². The van der Waals surface area contributed by atoms with Crippen molar-refractivity contribution in [3.05, 3.63) is 0 Å². The van der Waals surface area contributed by atoms with Crippen molar-refractivity contribution >= 4 is 0 Å². The van der Waals surface area contributed by atoms with Gasteiger partial charge in [0.05, 0.1) is 0 Å². The van der Waals surface area contributed by atoms with E-state index in [-0.39, 0.29) is 0 Å². The normalized spacial score (nSPS) is 47.8. The van der Waals surface area contributed by atoms with E-state index in [1.54, 1.807) is 494 Å². The summed E-state index contributed by atoms with van der Waals surface area (Å²) in [6, 6.07) is 0. The third-order valence-electron chi connectivity index (χ3n) is 56.5. The van der Waals surface area contributed by atoms with E-state index in [9.17, 15) is 0 Å². The maximum Gasteiger partial charge on any atom is -0.0294 e. The van der Waals surface area contributed by atoms with Crippen molar-refractivity contribution in [2.24, 2.45) is 240 Å². The molecule has 26 atom stereocenters. The standard InChI is InChI=1S/C13H22.C12H18.C12H20.2C11H18.2C11H20.C10H16.C10H18.C9H14.C9H16.C8H12.C8H14.C7H12/c1-3-10-7-8-11-4-2-6-13(11)9-12(10)5-1;1-2-8-5-7(1)11-9-3-4-10(6-9)12(8)11;1-3-9-4-2-6-11-8-7-10(5-1)12(9)11;1-2-5-9-10-6-3-7-11(9)8(10)4-1;1-2-9-4-5-11(6-7-11)8-10(9)3-1;1-3-7-11(8-4-1)9-5-2-6-10-11;1-2-4-6-8-11-9-10(11)7-5-3-1;1-2-9-7-4-5-8(6-7)10(9)3-1;1-2-6-10(7-3-1)8-4-5-9-10;1-2-7-5-6(1)8-3-4-9(7)8;1-2-6-9(5-1)7-3-4-8-9;1-2-6-3-5(1)7-4-8(6)7;1-2-4-8(5-3-1)6-7-8;1-2-7-4-3-6(1)5-7/h10-13H,1-9H2;7-12H,1-6H2;9-12H,1-8H2;8-11H,1-7H2;9-10H,1-8H2;1-10H2;10-11H,1-9H2;7-10H,1-6H2;1-9H2;6-9H,1-5H2;1-8H2;5-8H,1-4H2;1-7H2;6-7H,1-5H2. The van der Waals surface area contributed by atoms with Gasteiger partial charge in [-0.3, -0.25) is 0 Å². The molecule has 0 aromatic carbocycles. The highest BCUT2D eigenvalue weighted by Crippen LogP contribution is 2.71. The lowest BCUT2D eigenvalue weighted by Gasteiger charge is -2.55. The highest BCUT2D eigenvalue weighted by atomic mass is 14.7. The molecule has 0 aromatic heterocycles. The molecule has 0 saturated heterocycles. The van der Waals surface area contributed by atoms with Gasteiger partial charge in [-0.25, -0.2) is 0 Å². The van der Waals surface area contributed by atoms with E-state index < -0.39 is 0 Å². The van der Waals surface area contributed by atoms with Crippen LogP contribution in [-0.2, 0) is 0 Å². The van der Waals surface area contributed by atoms with Crippen molar-refractivity contribution in [1.29, 1.82) is 0 Å². The summed E-state index contributed by atoms with van der Waals surface area (Å²) in [6.45, 7) is 0. The summed E-state index contributed by atoms with van der Waals surface area (Å²) < 4.78 is 0. The number of fused-ring (bicyclic) bond motifs is 33. The Balaban J connectivity index is 0.0000000828. The molecule has 26 unspecified atom stereocenters. The van der Waals surface area contributed by atoms with Crippen molar-refractivity contribution in [1.82, 2.24) is 0 Å². The Morgan fingerprint density at radius 2 is 0.310 bits per heavy atom. The first-order valence-corrected chi connectivity index (χ1v) is 70.1. The topological polar surface area (TPSA) is 0 Å². The molecule has 38 rings (SSSR count). The molecular weight excluding hydrogens is 1710 g/mol. The van der Waals surface area contributed by atoms with Gasteiger partial charge < -0.3 is 0 Å². The zero-order valence-electron chi connectivity index (χ0n) is 94.7. The van der Waals surface area contributed by atoms with Crippen molar-refractivity contribution in [2.75, 3.05) is 0 Å². The minimum Gasteiger partial charge on any atom is -0.0533 e. The second-order valence-corrected chi connectivity index (χ2v) is 63.6. The average molecular weight is 1950 g/mol. The van der Waals surface area contributed by atoms with Gasteiger partial charge in [0.2, 0.25) is 0 Å². The molecular formula is C142H238. The maximum atomic E-state index is 1.64. The Morgan fingerprint density at radius 1 is 0.0915 bits per heavy atom. The number of hydrogen-bond donors (Lipinski definition) is 0. The predicted octanol–water partition coefficient (Wildman–Crippen LogP) is 43.8. The molecule has 0 N–H and O–H groups in total. The summed E-state index contributed by atoms with van der Waals surface area (Å²) in [6.07, 6.45) is 158. The van der Waals surface area contributed by atoms with Gasteiger partial charge in [-0.1, -0.05) is 315 Å². The fraction of sp³-hybridized carbons (Fsp3) is 1.00. The van der Waals surface area contributed by atoms with Crippen molar-refractivity contribution in [2.45, 2.75) is 649 Å². The highest BCUT2D eigenvalue weighted by Gasteiger charge is 2.62. The largest absolute Gasteiger partial charge is 0.0533 e. The van der Waals surface area contributed by atoms with Crippen LogP contribution in [-0.4, -0.2) is 0 Å². The first kappa shape index (κ1) is 104. The van der Waals surface area contributed by atoms with E-state index in [1.165, 1.54) is 343 Å². The van der Waals surface area contributed by atoms with Crippen molar-refractivity contribution in [3.8, 4) is 0 Å². The molecule has 0 amide bonds. The van der Waals surface area contributed by atoms with Gasteiger partial charge in [0.25, 0.3) is 0 Å². The molecule has 38 fully saturated rings. The third kappa shape index (κ3) is 24.8. The van der Waals surface area contributed by atoms with Crippen LogP contribution in [0, 0.1) is 240 Å². The quantitative estimate of drug-likeness (QED) is 0.212. The lowest BCUT2D eigenvalue weighted by atomic mass is 9.50. The Morgan fingerprint density at radius 3 is 0.641 bits per heavy atom. The Hall–Kier alpha value is 0. The molecule has 38 saturated carbocycles. The van der Waals surface area contributed by atoms with Crippen LogP contribution >= 0.6 is 0 Å². The zero-order valence-corrected chi connectivity index (χ0v) is 94.7. The second kappa shape index (κ2) is 48.4. The van der Waals surface area contributed by atoms with Crippen LogP contribution in [0.15, 0.2) is 0 Å². The molecule has 806 valence electrons. The van der Waals surface area contributed by atoms with Crippen LogP contribution in [0.2, 0.25) is 0 Å². The van der Waals surface area contributed by atoms with E-state index in [2.05, 4.69) is 0 Å². The van der Waals surface area contributed by atoms with Crippen LogP contribution in [0.1, 0.15) is 649 Å². The molecule has 0 radical (unpaired) electrons. The summed E-state index contributed by atoms with van der Waals surface area (Å²) in [5.74, 6) is 43.1. The SMILES string of the molecule is C1CC2C3CCC(C3)C2C1.C1CC2CC1C1C3CCC(C3)C21.C1CC2CC1C1CC21.C1CC2CC1C1CCC21.C1CC2CCC1C2.C1CC2CCC3(CC3)CC2C1.C1CC2CCC3CCCC3CC2C1.C1CC2CCCC3CCC(C1)C23.C1CCC2(C1)CCCC2.C1CCC2(CC1)CC2.C1CCC2(CC1)CCCC2.C1CCC2(CC1)CCCCC2.C1CCC2C3CCCC2C3C1.C1CCCCC2CC2CCC1. The first-order valence-electron chi connectivity index (χ1n) is 70.1. The highest BCUT2D eigenvalue weighted by molar-refractivity contribution is 5.11. The van der Waals surface area contributed by atoms with Gasteiger partial charge in [-0.2, -0.15) is 0 Å². The van der Waals surface area contributed by atoms with E-state index in [1.807, 2.05) is 0 Å². The molecule has 38 aliphatic carbocycles. The summed E-state index contributed by atoms with van der Waals surface area (Å²) in [7, 11) is 0. The van der Waals surface area contributed by atoms with Crippen molar-refractivity contribution < 1.29 is 0 Å². The predicted molar refractivity (Wildman–Crippen MR) is 604 cm³/mol.